The predicted molar refractivity (Wildman–Crippen MR) is 48.7 cm³/mol. The molecule has 0 heterocycles. The fourth-order valence-electron chi connectivity index (χ4n) is 0.660. The number of alkyl halides is 1. The zero-order chi connectivity index (χ0) is 7.56. The lowest BCUT2D eigenvalue weighted by Crippen LogP contribution is -1.88. The van der Waals surface area contributed by atoms with Crippen LogP contribution in [0.1, 0.15) is 5.56 Å². The third kappa shape index (κ3) is 1.61. The quantitative estimate of drug-likeness (QED) is 0.543. The average Bonchev–Trinajstić information content (AvgIpc) is 1.88. The van der Waals surface area contributed by atoms with E-state index < -0.39 is 0 Å². The molecule has 1 rings (SSSR count). The summed E-state index contributed by atoms with van der Waals surface area (Å²) in [6.07, 6.45) is 0. The molecule has 0 saturated heterocycles. The number of benzene rings is 1. The number of halogens is 3. The Morgan fingerprint density at radius 1 is 1.50 bits per heavy atom. The van der Waals surface area contributed by atoms with Gasteiger partial charge in [-0.05, 0) is 34.7 Å². The van der Waals surface area contributed by atoms with E-state index in [2.05, 4.69) is 22.6 Å². The van der Waals surface area contributed by atoms with Crippen molar-refractivity contribution >= 4 is 34.2 Å². The van der Waals surface area contributed by atoms with Crippen LogP contribution in [0.3, 0.4) is 0 Å². The molecule has 0 fully saturated rings. The van der Waals surface area contributed by atoms with Gasteiger partial charge in [-0.25, -0.2) is 4.39 Å². The van der Waals surface area contributed by atoms with Crippen LogP contribution < -0.4 is 0 Å². The molecule has 0 aliphatic carbocycles. The molecule has 0 atom stereocenters. The van der Waals surface area contributed by atoms with E-state index in [1.165, 1.54) is 6.07 Å². The Labute approximate surface area is 77.5 Å². The van der Waals surface area contributed by atoms with Crippen LogP contribution in [0, 0.1) is 9.39 Å². The predicted octanol–water partition coefficient (Wildman–Crippen LogP) is 3.17. The van der Waals surface area contributed by atoms with E-state index in [9.17, 15) is 4.39 Å². The van der Waals surface area contributed by atoms with Crippen molar-refractivity contribution in [2.45, 2.75) is 5.88 Å². The summed E-state index contributed by atoms with van der Waals surface area (Å²) in [6, 6.07) is 4.92. The van der Waals surface area contributed by atoms with E-state index in [4.69, 9.17) is 11.6 Å². The highest BCUT2D eigenvalue weighted by molar-refractivity contribution is 14.1. The fraction of sp³-hybridized carbons (Fsp3) is 0.143. The first-order valence-corrected chi connectivity index (χ1v) is 4.36. The third-order valence-electron chi connectivity index (χ3n) is 1.20. The van der Waals surface area contributed by atoms with Crippen LogP contribution in [0.5, 0.6) is 0 Å². The van der Waals surface area contributed by atoms with Gasteiger partial charge in [-0.15, -0.1) is 11.6 Å². The van der Waals surface area contributed by atoms with Crippen molar-refractivity contribution in [2.75, 3.05) is 0 Å². The summed E-state index contributed by atoms with van der Waals surface area (Å²) >= 11 is 7.55. The molecule has 0 N–H and O–H groups in total. The van der Waals surface area contributed by atoms with Gasteiger partial charge in [-0.1, -0.05) is 6.07 Å². The van der Waals surface area contributed by atoms with Gasteiger partial charge in [0.15, 0.2) is 0 Å². The van der Waals surface area contributed by atoms with Crippen LogP contribution >= 0.6 is 34.2 Å². The lowest BCUT2D eigenvalue weighted by molar-refractivity contribution is 0.615. The highest BCUT2D eigenvalue weighted by Crippen LogP contribution is 2.17. The van der Waals surface area contributed by atoms with Crippen molar-refractivity contribution in [1.82, 2.24) is 0 Å². The first kappa shape index (κ1) is 8.27. The summed E-state index contributed by atoms with van der Waals surface area (Å²) < 4.78 is 13.6. The molecule has 0 radical (unpaired) electrons. The molecule has 0 amide bonds. The molecular weight excluding hydrogens is 265 g/mol. The summed E-state index contributed by atoms with van der Waals surface area (Å²) in [6.45, 7) is 0. The highest BCUT2D eigenvalue weighted by atomic mass is 127. The second kappa shape index (κ2) is 3.53. The largest absolute Gasteiger partial charge is 0.207 e. The van der Waals surface area contributed by atoms with Gasteiger partial charge in [0.2, 0.25) is 0 Å². The molecule has 54 valence electrons. The second-order valence-electron chi connectivity index (χ2n) is 1.83. The smallest absolute Gasteiger partial charge is 0.128 e. The maximum Gasteiger partial charge on any atom is 0.128 e. The fourth-order valence-corrected chi connectivity index (χ4v) is 1.81. The van der Waals surface area contributed by atoms with Crippen molar-refractivity contribution < 1.29 is 4.39 Å². The number of hydrogen-bond donors (Lipinski definition) is 0. The zero-order valence-electron chi connectivity index (χ0n) is 5.07. The Kier molecular flexibility index (Phi) is 2.92. The Bertz CT molecular complexity index is 217. The Morgan fingerprint density at radius 2 is 2.20 bits per heavy atom. The van der Waals surface area contributed by atoms with Crippen LogP contribution in [0.25, 0.3) is 0 Å². The second-order valence-corrected chi connectivity index (χ2v) is 3.26. The van der Waals surface area contributed by atoms with Gasteiger partial charge in [0.1, 0.15) is 5.82 Å². The molecule has 1 aromatic carbocycles. The topological polar surface area (TPSA) is 0 Å². The molecule has 0 aliphatic rings. The van der Waals surface area contributed by atoms with E-state index >= 15 is 0 Å². The molecule has 0 spiro atoms. The van der Waals surface area contributed by atoms with Crippen molar-refractivity contribution in [3.63, 3.8) is 0 Å². The monoisotopic (exact) mass is 270 g/mol. The van der Waals surface area contributed by atoms with Gasteiger partial charge in [0, 0.05) is 9.13 Å². The van der Waals surface area contributed by atoms with E-state index in [1.54, 1.807) is 6.07 Å². The number of hydrogen-bond acceptors (Lipinski definition) is 0. The summed E-state index contributed by atoms with van der Waals surface area (Å²) in [5, 5.41) is 0. The molecular formula is C7H5ClFI. The lowest BCUT2D eigenvalue weighted by atomic mass is 10.2. The van der Waals surface area contributed by atoms with E-state index in [0.717, 1.165) is 3.57 Å². The van der Waals surface area contributed by atoms with E-state index in [-0.39, 0.29) is 11.7 Å². The van der Waals surface area contributed by atoms with Crippen LogP contribution in [-0.4, -0.2) is 0 Å². The molecule has 0 aliphatic heterocycles. The van der Waals surface area contributed by atoms with Gasteiger partial charge in [0.05, 0.1) is 5.88 Å². The SMILES string of the molecule is Fc1cccc(I)c1CCl. The molecule has 0 saturated carbocycles. The molecule has 0 aromatic heterocycles. The maximum absolute atomic E-state index is 12.8. The Morgan fingerprint density at radius 3 is 2.60 bits per heavy atom. The summed E-state index contributed by atoms with van der Waals surface area (Å²) in [4.78, 5) is 0. The molecule has 0 bridgehead atoms. The summed E-state index contributed by atoms with van der Waals surface area (Å²) in [7, 11) is 0. The first-order valence-electron chi connectivity index (χ1n) is 2.74. The van der Waals surface area contributed by atoms with Crippen molar-refractivity contribution in [1.29, 1.82) is 0 Å². The van der Waals surface area contributed by atoms with Crippen LogP contribution in [0.15, 0.2) is 18.2 Å². The minimum atomic E-state index is -0.220. The van der Waals surface area contributed by atoms with Gasteiger partial charge in [0.25, 0.3) is 0 Å². The molecule has 1 aromatic rings. The Hall–Kier alpha value is 0.170. The average molecular weight is 270 g/mol. The number of rotatable bonds is 1. The Balaban J connectivity index is 3.17. The van der Waals surface area contributed by atoms with Gasteiger partial charge in [-0.2, -0.15) is 0 Å². The van der Waals surface area contributed by atoms with Gasteiger partial charge < -0.3 is 0 Å². The van der Waals surface area contributed by atoms with Gasteiger partial charge in [-0.3, -0.25) is 0 Å². The van der Waals surface area contributed by atoms with Crippen molar-refractivity contribution in [3.8, 4) is 0 Å². The van der Waals surface area contributed by atoms with Crippen LogP contribution in [-0.2, 0) is 5.88 Å². The highest BCUT2D eigenvalue weighted by Gasteiger charge is 2.02. The molecule has 0 unspecified atom stereocenters. The summed E-state index contributed by atoms with van der Waals surface area (Å²) in [5.74, 6) is 0.0206. The first-order chi connectivity index (χ1) is 4.75. The standard InChI is InChI=1S/C7H5ClFI/c8-4-5-6(9)2-1-3-7(5)10/h1-3H,4H2. The third-order valence-corrected chi connectivity index (χ3v) is 2.47. The van der Waals surface area contributed by atoms with Crippen molar-refractivity contribution in [3.05, 3.63) is 33.1 Å². The molecule has 0 nitrogen and oxygen atoms in total. The van der Waals surface area contributed by atoms with Crippen molar-refractivity contribution in [2.24, 2.45) is 0 Å². The lowest BCUT2D eigenvalue weighted by Gasteiger charge is -1.99. The van der Waals surface area contributed by atoms with Gasteiger partial charge >= 0.3 is 0 Å². The zero-order valence-corrected chi connectivity index (χ0v) is 7.99. The normalized spacial score (nSPS) is 9.90. The maximum atomic E-state index is 12.8. The van der Waals surface area contributed by atoms with Crippen LogP contribution in [0.4, 0.5) is 4.39 Å². The molecule has 10 heavy (non-hydrogen) atoms. The minimum Gasteiger partial charge on any atom is -0.207 e. The molecule has 3 heteroatoms. The minimum absolute atomic E-state index is 0.220. The van der Waals surface area contributed by atoms with E-state index in [0.29, 0.717) is 5.56 Å². The van der Waals surface area contributed by atoms with Crippen LogP contribution in [0.2, 0.25) is 0 Å². The van der Waals surface area contributed by atoms with E-state index in [1.807, 2.05) is 6.07 Å². The summed E-state index contributed by atoms with van der Waals surface area (Å²) in [5.41, 5.74) is 0.588.